The van der Waals surface area contributed by atoms with Crippen molar-refractivity contribution in [3.05, 3.63) is 22.1 Å². The molecule has 0 atom stereocenters. The van der Waals surface area contributed by atoms with Gasteiger partial charge in [-0.3, -0.25) is 4.79 Å². The van der Waals surface area contributed by atoms with E-state index < -0.39 is 11.9 Å². The van der Waals surface area contributed by atoms with Crippen LogP contribution < -0.4 is 5.82 Å². The molecule has 0 fully saturated rings. The lowest BCUT2D eigenvalue weighted by atomic mass is 10.0. The van der Waals surface area contributed by atoms with E-state index in [2.05, 4.69) is 4.42 Å². The van der Waals surface area contributed by atoms with Gasteiger partial charge in [0.15, 0.2) is 18.1 Å². The maximum absolute atomic E-state index is 11.7. The Hall–Kier alpha value is -2.05. The van der Waals surface area contributed by atoms with Gasteiger partial charge in [0.2, 0.25) is 0 Å². The van der Waals surface area contributed by atoms with E-state index in [0.717, 1.165) is 0 Å². The van der Waals surface area contributed by atoms with E-state index in [1.807, 2.05) is 13.8 Å². The van der Waals surface area contributed by atoms with E-state index in [0.29, 0.717) is 19.4 Å². The summed E-state index contributed by atoms with van der Waals surface area (Å²) in [6, 6.07) is 0. The number of amides is 1. The largest absolute Gasteiger partial charge is 0.519 e. The average molecular weight is 299 g/mol. The highest BCUT2D eigenvalue weighted by Crippen LogP contribution is 2.08. The molecule has 1 rings (SSSR count). The van der Waals surface area contributed by atoms with Crippen LogP contribution in [-0.4, -0.2) is 30.4 Å². The fraction of sp³-hybridized carbons (Fsp3) is 0.643. The molecule has 0 bridgehead atoms. The zero-order chi connectivity index (χ0) is 16.0. The van der Waals surface area contributed by atoms with E-state index in [1.54, 1.807) is 14.0 Å². The third-order valence-electron chi connectivity index (χ3n) is 3.03. The van der Waals surface area contributed by atoms with Crippen molar-refractivity contribution in [3.8, 4) is 0 Å². The van der Waals surface area contributed by atoms with Crippen LogP contribution in [0.1, 0.15) is 38.2 Å². The molecule has 0 aliphatic rings. The van der Waals surface area contributed by atoms with Crippen LogP contribution in [0, 0.1) is 12.8 Å². The normalized spacial score (nSPS) is 10.7. The van der Waals surface area contributed by atoms with E-state index in [9.17, 15) is 14.4 Å². The summed E-state index contributed by atoms with van der Waals surface area (Å²) in [5.41, 5.74) is 0. The minimum atomic E-state index is -0.820. The fourth-order valence-electron chi connectivity index (χ4n) is 1.61. The van der Waals surface area contributed by atoms with Gasteiger partial charge in [-0.05, 0) is 13.3 Å². The number of carbonyl (C=O) groups excluding carboxylic acids is 2. The van der Waals surface area contributed by atoms with Gasteiger partial charge >= 0.3 is 11.9 Å². The molecular formula is C14H21NO6. The minimum Gasteiger partial charge on any atom is -0.441 e. The Morgan fingerprint density at radius 2 is 1.95 bits per heavy atom. The Bertz CT molecular complexity index is 542. The summed E-state index contributed by atoms with van der Waals surface area (Å²) in [5.74, 6) is -0.157. The standard InChI is InChI=1S/C14H21NO6/c1-9(2)11(16)6-5-7-15(4)13(17)19-8-12-10(3)20-14(18)21-12/h9H,5-8H2,1-4H3. The molecule has 0 saturated carbocycles. The number of aryl methyl sites for hydroxylation is 1. The van der Waals surface area contributed by atoms with E-state index in [4.69, 9.17) is 9.15 Å². The Kier molecular flexibility index (Phi) is 6.20. The quantitative estimate of drug-likeness (QED) is 0.766. The molecule has 0 radical (unpaired) electrons. The topological polar surface area (TPSA) is 90.0 Å². The second-order valence-electron chi connectivity index (χ2n) is 5.13. The first-order chi connectivity index (χ1) is 9.81. The third kappa shape index (κ3) is 5.45. The smallest absolute Gasteiger partial charge is 0.441 e. The summed E-state index contributed by atoms with van der Waals surface area (Å²) in [6.07, 6.45) is 0.475. The molecule has 0 saturated heterocycles. The Labute approximate surface area is 122 Å². The van der Waals surface area contributed by atoms with Crippen molar-refractivity contribution in [2.45, 2.75) is 40.2 Å². The molecule has 0 unspecified atom stereocenters. The van der Waals surface area contributed by atoms with E-state index >= 15 is 0 Å². The molecule has 118 valence electrons. The Morgan fingerprint density at radius 1 is 1.29 bits per heavy atom. The van der Waals surface area contributed by atoms with Crippen LogP contribution in [-0.2, 0) is 16.1 Å². The van der Waals surface area contributed by atoms with Crippen LogP contribution in [0.5, 0.6) is 0 Å². The highest BCUT2D eigenvalue weighted by molar-refractivity contribution is 5.80. The summed E-state index contributed by atoms with van der Waals surface area (Å²) in [4.78, 5) is 35.4. The predicted molar refractivity (Wildman–Crippen MR) is 73.9 cm³/mol. The van der Waals surface area contributed by atoms with Crippen LogP contribution in [0.3, 0.4) is 0 Å². The minimum absolute atomic E-state index is 0.00854. The second-order valence-corrected chi connectivity index (χ2v) is 5.13. The van der Waals surface area contributed by atoms with E-state index in [-0.39, 0.29) is 29.8 Å². The SMILES string of the molecule is Cc1oc(=O)oc1COC(=O)N(C)CCCC(=O)C(C)C. The maximum atomic E-state index is 11.7. The molecule has 7 nitrogen and oxygen atoms in total. The fourth-order valence-corrected chi connectivity index (χ4v) is 1.61. The van der Waals surface area contributed by atoms with E-state index in [1.165, 1.54) is 4.90 Å². The summed E-state index contributed by atoms with van der Waals surface area (Å²) in [7, 11) is 1.58. The number of rotatable bonds is 7. The average Bonchev–Trinajstić information content (AvgIpc) is 2.73. The number of carbonyl (C=O) groups is 2. The molecule has 0 aliphatic heterocycles. The molecular weight excluding hydrogens is 278 g/mol. The van der Waals surface area contributed by atoms with Gasteiger partial charge < -0.3 is 18.5 Å². The first-order valence-electron chi connectivity index (χ1n) is 6.81. The van der Waals surface area contributed by atoms with Gasteiger partial charge in [-0.2, -0.15) is 0 Å². The highest BCUT2D eigenvalue weighted by Gasteiger charge is 2.15. The molecule has 0 N–H and O–H groups in total. The highest BCUT2D eigenvalue weighted by atomic mass is 16.6. The maximum Gasteiger partial charge on any atom is 0.519 e. The van der Waals surface area contributed by atoms with Gasteiger partial charge in [0.05, 0.1) is 0 Å². The van der Waals surface area contributed by atoms with Crippen molar-refractivity contribution >= 4 is 11.9 Å². The zero-order valence-electron chi connectivity index (χ0n) is 12.8. The van der Waals surface area contributed by atoms with Crippen LogP contribution in [0.4, 0.5) is 4.79 Å². The molecule has 0 spiro atoms. The number of hydrogen-bond acceptors (Lipinski definition) is 6. The van der Waals surface area contributed by atoms with Crippen molar-refractivity contribution in [2.75, 3.05) is 13.6 Å². The summed E-state index contributed by atoms with van der Waals surface area (Å²) in [6.45, 7) is 5.51. The number of ketones is 1. The molecule has 1 aromatic rings. The first-order valence-corrected chi connectivity index (χ1v) is 6.81. The number of nitrogens with zero attached hydrogens (tertiary/aromatic N) is 1. The Morgan fingerprint density at radius 3 is 2.48 bits per heavy atom. The molecule has 21 heavy (non-hydrogen) atoms. The zero-order valence-corrected chi connectivity index (χ0v) is 12.8. The molecule has 7 heteroatoms. The first kappa shape index (κ1) is 17.0. The molecule has 1 heterocycles. The molecule has 1 amide bonds. The second kappa shape index (κ2) is 7.66. The van der Waals surface area contributed by atoms with Crippen LogP contribution in [0.2, 0.25) is 0 Å². The third-order valence-corrected chi connectivity index (χ3v) is 3.03. The Balaban J connectivity index is 2.33. The van der Waals surface area contributed by atoms with Gasteiger partial charge in [-0.1, -0.05) is 13.8 Å². The number of hydrogen-bond donors (Lipinski definition) is 0. The number of Topliss-reactive ketones (excluding diaryl/α,β-unsaturated/α-hetero) is 1. The lowest BCUT2D eigenvalue weighted by Gasteiger charge is -2.16. The van der Waals surface area contributed by atoms with Crippen molar-refractivity contribution in [3.63, 3.8) is 0 Å². The lowest BCUT2D eigenvalue weighted by Crippen LogP contribution is -2.28. The van der Waals surface area contributed by atoms with Gasteiger partial charge in [0.25, 0.3) is 0 Å². The lowest BCUT2D eigenvalue weighted by molar-refractivity contribution is -0.122. The van der Waals surface area contributed by atoms with Gasteiger partial charge in [-0.15, -0.1) is 0 Å². The molecule has 0 aromatic carbocycles. The summed E-state index contributed by atoms with van der Waals surface area (Å²) < 4.78 is 14.4. The van der Waals surface area contributed by atoms with Crippen molar-refractivity contribution < 1.29 is 23.2 Å². The molecule has 0 aliphatic carbocycles. The van der Waals surface area contributed by atoms with Crippen LogP contribution >= 0.6 is 0 Å². The summed E-state index contributed by atoms with van der Waals surface area (Å²) in [5, 5.41) is 0. The summed E-state index contributed by atoms with van der Waals surface area (Å²) >= 11 is 0. The van der Waals surface area contributed by atoms with Gasteiger partial charge in [-0.25, -0.2) is 9.59 Å². The number of ether oxygens (including phenoxy) is 1. The van der Waals surface area contributed by atoms with Crippen molar-refractivity contribution in [2.24, 2.45) is 5.92 Å². The monoisotopic (exact) mass is 299 g/mol. The van der Waals surface area contributed by atoms with Crippen LogP contribution in [0.15, 0.2) is 13.6 Å². The predicted octanol–water partition coefficient (Wildman–Crippen LogP) is 2.11. The van der Waals surface area contributed by atoms with Crippen molar-refractivity contribution in [1.82, 2.24) is 4.90 Å². The van der Waals surface area contributed by atoms with Crippen molar-refractivity contribution in [1.29, 1.82) is 0 Å². The van der Waals surface area contributed by atoms with Gasteiger partial charge in [0, 0.05) is 25.9 Å². The van der Waals surface area contributed by atoms with Crippen LogP contribution in [0.25, 0.3) is 0 Å². The molecule has 1 aromatic heterocycles. The van der Waals surface area contributed by atoms with Gasteiger partial charge in [0.1, 0.15) is 5.78 Å².